The quantitative estimate of drug-likeness (QED) is 0.620. The van der Waals surface area contributed by atoms with Crippen LogP contribution in [0.3, 0.4) is 0 Å². The highest BCUT2D eigenvalue weighted by Gasteiger charge is 2.21. The number of carbonyl (C=O) groups excluding carboxylic acids is 1. The highest BCUT2D eigenvalue weighted by molar-refractivity contribution is 7.21. The van der Waals surface area contributed by atoms with Gasteiger partial charge in [-0.2, -0.15) is 0 Å². The number of urea groups is 1. The molecular weight excluding hydrogens is 384 g/mol. The first kappa shape index (κ1) is 19.8. The third-order valence-corrected chi connectivity index (χ3v) is 6.16. The second kappa shape index (κ2) is 9.35. The van der Waals surface area contributed by atoms with E-state index in [0.717, 1.165) is 67.7 Å². The summed E-state index contributed by atoms with van der Waals surface area (Å²) in [6, 6.07) is 16.0. The van der Waals surface area contributed by atoms with Crippen molar-refractivity contribution in [2.45, 2.75) is 6.92 Å². The first-order valence-electron chi connectivity index (χ1n) is 10.0. The molecule has 1 aromatic heterocycles. The van der Waals surface area contributed by atoms with Gasteiger partial charge in [0.15, 0.2) is 0 Å². The van der Waals surface area contributed by atoms with Crippen LogP contribution in [0.15, 0.2) is 48.5 Å². The number of amides is 2. The van der Waals surface area contributed by atoms with Gasteiger partial charge in [0, 0.05) is 50.6 Å². The summed E-state index contributed by atoms with van der Waals surface area (Å²) in [4.78, 5) is 21.6. The Hall–Kier alpha value is -2.48. The molecule has 1 saturated heterocycles. The maximum atomic E-state index is 12.7. The molecule has 0 spiro atoms. The minimum absolute atomic E-state index is 0.0455. The van der Waals surface area contributed by atoms with Crippen LogP contribution in [0.1, 0.15) is 6.92 Å². The highest BCUT2D eigenvalue weighted by Crippen LogP contribution is 2.31. The molecule has 152 valence electrons. The molecule has 0 aliphatic carbocycles. The zero-order valence-corrected chi connectivity index (χ0v) is 17.5. The van der Waals surface area contributed by atoms with Crippen LogP contribution in [0, 0.1) is 0 Å². The van der Waals surface area contributed by atoms with E-state index in [-0.39, 0.29) is 6.03 Å². The van der Waals surface area contributed by atoms with Crippen molar-refractivity contribution in [3.05, 3.63) is 48.5 Å². The third-order valence-electron chi connectivity index (χ3n) is 5.07. The molecule has 0 bridgehead atoms. The SMILES string of the molecule is CCOCCN1CCN(C(=O)Nc2cccc(-c3nc4ccccc4s3)c2)CC1. The summed E-state index contributed by atoms with van der Waals surface area (Å²) >= 11 is 1.66. The number of anilines is 1. The lowest BCUT2D eigenvalue weighted by atomic mass is 10.2. The van der Waals surface area contributed by atoms with Gasteiger partial charge in [-0.15, -0.1) is 11.3 Å². The number of nitrogens with one attached hydrogen (secondary N) is 1. The molecule has 2 aromatic carbocycles. The van der Waals surface area contributed by atoms with Gasteiger partial charge in [-0.1, -0.05) is 24.3 Å². The van der Waals surface area contributed by atoms with Crippen molar-refractivity contribution in [1.29, 1.82) is 0 Å². The maximum Gasteiger partial charge on any atom is 0.321 e. The summed E-state index contributed by atoms with van der Waals surface area (Å²) in [7, 11) is 0. The summed E-state index contributed by atoms with van der Waals surface area (Å²) in [5, 5.41) is 4.01. The summed E-state index contributed by atoms with van der Waals surface area (Å²) in [5.74, 6) is 0. The smallest absolute Gasteiger partial charge is 0.321 e. The monoisotopic (exact) mass is 410 g/mol. The molecule has 1 fully saturated rings. The predicted octanol–water partition coefficient (Wildman–Crippen LogP) is 4.15. The summed E-state index contributed by atoms with van der Waals surface area (Å²) in [5.41, 5.74) is 2.82. The van der Waals surface area contributed by atoms with E-state index in [2.05, 4.69) is 16.3 Å². The number of nitrogens with zero attached hydrogens (tertiary/aromatic N) is 3. The molecule has 7 heteroatoms. The Morgan fingerprint density at radius 2 is 1.97 bits per heavy atom. The fourth-order valence-corrected chi connectivity index (χ4v) is 4.40. The zero-order valence-electron chi connectivity index (χ0n) is 16.6. The lowest BCUT2D eigenvalue weighted by Gasteiger charge is -2.34. The third kappa shape index (κ3) is 4.93. The second-order valence-corrected chi connectivity index (χ2v) is 8.05. The lowest BCUT2D eigenvalue weighted by Crippen LogP contribution is -2.50. The van der Waals surface area contributed by atoms with E-state index in [0.29, 0.717) is 0 Å². The molecule has 0 atom stereocenters. The molecule has 2 amide bonds. The van der Waals surface area contributed by atoms with Crippen molar-refractivity contribution in [3.63, 3.8) is 0 Å². The topological polar surface area (TPSA) is 57.7 Å². The van der Waals surface area contributed by atoms with Gasteiger partial charge in [0.05, 0.1) is 16.8 Å². The molecule has 0 unspecified atom stereocenters. The largest absolute Gasteiger partial charge is 0.380 e. The predicted molar refractivity (Wildman–Crippen MR) is 119 cm³/mol. The Morgan fingerprint density at radius 3 is 2.76 bits per heavy atom. The standard InChI is InChI=1S/C22H26N4O2S/c1-2-28-15-14-25-10-12-26(13-11-25)22(27)23-18-7-5-6-17(16-18)21-24-19-8-3-4-9-20(19)29-21/h3-9,16H,2,10-15H2,1H3,(H,23,27). The minimum atomic E-state index is -0.0455. The number of thiazole rings is 1. The molecule has 4 rings (SSSR count). The van der Waals surface area contributed by atoms with Crippen LogP contribution in [-0.4, -0.2) is 66.8 Å². The Bertz CT molecular complexity index is 933. The van der Waals surface area contributed by atoms with Crippen LogP contribution in [-0.2, 0) is 4.74 Å². The van der Waals surface area contributed by atoms with E-state index >= 15 is 0 Å². The molecule has 6 nitrogen and oxygen atoms in total. The number of rotatable bonds is 6. The van der Waals surface area contributed by atoms with E-state index in [9.17, 15) is 4.79 Å². The van der Waals surface area contributed by atoms with Crippen molar-refractivity contribution in [2.24, 2.45) is 0 Å². The van der Waals surface area contributed by atoms with Gasteiger partial charge < -0.3 is 15.0 Å². The van der Waals surface area contributed by atoms with Gasteiger partial charge in [0.25, 0.3) is 0 Å². The van der Waals surface area contributed by atoms with Gasteiger partial charge in [-0.05, 0) is 31.2 Å². The van der Waals surface area contributed by atoms with Crippen LogP contribution in [0.5, 0.6) is 0 Å². The Labute approximate surface area is 175 Å². The van der Waals surface area contributed by atoms with Crippen LogP contribution in [0.25, 0.3) is 20.8 Å². The molecule has 29 heavy (non-hydrogen) atoms. The number of ether oxygens (including phenoxy) is 1. The lowest BCUT2D eigenvalue weighted by molar-refractivity contribution is 0.0901. The van der Waals surface area contributed by atoms with Crippen LogP contribution >= 0.6 is 11.3 Å². The number of piperazine rings is 1. The number of carbonyl (C=O) groups is 1. The fourth-order valence-electron chi connectivity index (χ4n) is 3.44. The number of benzene rings is 2. The maximum absolute atomic E-state index is 12.7. The van der Waals surface area contributed by atoms with E-state index in [4.69, 9.17) is 9.72 Å². The van der Waals surface area contributed by atoms with Crippen molar-refractivity contribution >= 4 is 33.3 Å². The molecule has 0 saturated carbocycles. The number of hydrogen-bond acceptors (Lipinski definition) is 5. The molecular formula is C22H26N4O2S. The molecule has 1 N–H and O–H groups in total. The average molecular weight is 411 g/mol. The van der Waals surface area contributed by atoms with E-state index in [1.54, 1.807) is 11.3 Å². The summed E-state index contributed by atoms with van der Waals surface area (Å²) in [6.07, 6.45) is 0. The van der Waals surface area contributed by atoms with Crippen LogP contribution in [0.4, 0.5) is 10.5 Å². The zero-order chi connectivity index (χ0) is 20.1. The molecule has 2 heterocycles. The molecule has 3 aromatic rings. The van der Waals surface area contributed by atoms with Gasteiger partial charge >= 0.3 is 6.03 Å². The molecule has 1 aliphatic rings. The molecule has 0 radical (unpaired) electrons. The van der Waals surface area contributed by atoms with E-state index in [1.807, 2.05) is 54.3 Å². The number of fused-ring (bicyclic) bond motifs is 1. The van der Waals surface area contributed by atoms with Crippen LogP contribution in [0.2, 0.25) is 0 Å². The highest BCUT2D eigenvalue weighted by atomic mass is 32.1. The van der Waals surface area contributed by atoms with Crippen molar-refractivity contribution in [1.82, 2.24) is 14.8 Å². The molecule has 1 aliphatic heterocycles. The summed E-state index contributed by atoms with van der Waals surface area (Å²) < 4.78 is 6.58. The van der Waals surface area contributed by atoms with Gasteiger partial charge in [-0.25, -0.2) is 9.78 Å². The van der Waals surface area contributed by atoms with Crippen molar-refractivity contribution < 1.29 is 9.53 Å². The number of para-hydroxylation sites is 1. The average Bonchev–Trinajstić information content (AvgIpc) is 3.19. The first-order chi connectivity index (χ1) is 14.2. The summed E-state index contributed by atoms with van der Waals surface area (Å²) in [6.45, 7) is 7.66. The number of hydrogen-bond donors (Lipinski definition) is 1. The second-order valence-electron chi connectivity index (χ2n) is 7.02. The number of aromatic nitrogens is 1. The normalized spacial score (nSPS) is 15.0. The van der Waals surface area contributed by atoms with Crippen molar-refractivity contribution in [2.75, 3.05) is 51.3 Å². The first-order valence-corrected chi connectivity index (χ1v) is 10.9. The van der Waals surface area contributed by atoms with Gasteiger partial charge in [-0.3, -0.25) is 4.90 Å². The fraction of sp³-hybridized carbons (Fsp3) is 0.364. The van der Waals surface area contributed by atoms with E-state index in [1.165, 1.54) is 4.70 Å². The van der Waals surface area contributed by atoms with Crippen LogP contribution < -0.4 is 5.32 Å². The van der Waals surface area contributed by atoms with Crippen molar-refractivity contribution in [3.8, 4) is 10.6 Å². The van der Waals surface area contributed by atoms with Gasteiger partial charge in [0.2, 0.25) is 0 Å². The minimum Gasteiger partial charge on any atom is -0.380 e. The Morgan fingerprint density at radius 1 is 1.14 bits per heavy atom. The van der Waals surface area contributed by atoms with Gasteiger partial charge in [0.1, 0.15) is 5.01 Å². The Kier molecular flexibility index (Phi) is 6.39. The Balaban J connectivity index is 1.36. The van der Waals surface area contributed by atoms with E-state index < -0.39 is 0 Å².